The Kier molecular flexibility index (Phi) is 2.68. The van der Waals surface area contributed by atoms with Gasteiger partial charge >= 0.3 is 6.03 Å². The van der Waals surface area contributed by atoms with E-state index in [9.17, 15) is 4.79 Å². The van der Waals surface area contributed by atoms with Crippen LogP contribution in [0.4, 0.5) is 4.79 Å². The van der Waals surface area contributed by atoms with E-state index in [-0.39, 0.29) is 16.9 Å². The molecule has 3 rings (SSSR count). The molecule has 0 bridgehead atoms. The fourth-order valence-corrected chi connectivity index (χ4v) is 4.66. The van der Waals surface area contributed by atoms with Crippen molar-refractivity contribution in [2.24, 2.45) is 0 Å². The van der Waals surface area contributed by atoms with Gasteiger partial charge in [-0.15, -0.1) is 0 Å². The monoisotopic (exact) mass is 326 g/mol. The minimum absolute atomic E-state index is 0.128. The van der Waals surface area contributed by atoms with Gasteiger partial charge in [-0.05, 0) is 41.4 Å². The van der Waals surface area contributed by atoms with Gasteiger partial charge in [0.15, 0.2) is 0 Å². The largest absolute Gasteiger partial charge is 0.321 e. The van der Waals surface area contributed by atoms with Gasteiger partial charge in [0.1, 0.15) is 5.37 Å². The third kappa shape index (κ3) is 1.53. The SMILES string of the molecule is CN1C(=O)N2Cc3cccc(Br)c3SC2C1(C)C. The van der Waals surface area contributed by atoms with Crippen LogP contribution in [0.2, 0.25) is 0 Å². The molecule has 0 aromatic heterocycles. The zero-order chi connectivity index (χ0) is 13.1. The Bertz CT molecular complexity index is 532. The number of hydrogen-bond acceptors (Lipinski definition) is 2. The van der Waals surface area contributed by atoms with Crippen LogP contribution in [0.1, 0.15) is 19.4 Å². The lowest BCUT2D eigenvalue weighted by Crippen LogP contribution is -2.44. The lowest BCUT2D eigenvalue weighted by molar-refractivity contribution is 0.186. The number of halogens is 1. The predicted molar refractivity (Wildman–Crippen MR) is 76.6 cm³/mol. The van der Waals surface area contributed by atoms with Crippen molar-refractivity contribution in [3.8, 4) is 0 Å². The van der Waals surface area contributed by atoms with Crippen molar-refractivity contribution in [2.45, 2.75) is 36.2 Å². The van der Waals surface area contributed by atoms with Crippen LogP contribution in [0.3, 0.4) is 0 Å². The van der Waals surface area contributed by atoms with E-state index in [0.29, 0.717) is 6.54 Å². The maximum atomic E-state index is 12.3. The number of fused-ring (bicyclic) bond motifs is 2. The molecule has 2 heterocycles. The van der Waals surface area contributed by atoms with E-state index >= 15 is 0 Å². The molecule has 1 aromatic rings. The molecule has 18 heavy (non-hydrogen) atoms. The zero-order valence-electron chi connectivity index (χ0n) is 10.6. The van der Waals surface area contributed by atoms with E-state index in [2.05, 4.69) is 41.9 Å². The average molecular weight is 327 g/mol. The van der Waals surface area contributed by atoms with Gasteiger partial charge < -0.3 is 9.80 Å². The van der Waals surface area contributed by atoms with Crippen LogP contribution in [0, 0.1) is 0 Å². The molecule has 0 radical (unpaired) electrons. The molecular weight excluding hydrogens is 312 g/mol. The van der Waals surface area contributed by atoms with Gasteiger partial charge in [-0.2, -0.15) is 0 Å². The van der Waals surface area contributed by atoms with Crippen molar-refractivity contribution in [1.82, 2.24) is 9.80 Å². The number of hydrogen-bond donors (Lipinski definition) is 0. The predicted octanol–water partition coefficient (Wildman–Crippen LogP) is 3.53. The van der Waals surface area contributed by atoms with Crippen LogP contribution >= 0.6 is 27.7 Å². The smallest absolute Gasteiger partial charge is 0.320 e. The third-order valence-corrected chi connectivity index (χ3v) is 6.60. The standard InChI is InChI=1S/C13H15BrN2OS/c1-13(2)11-16(12(17)15(13)3)7-8-5-4-6-9(14)10(8)18-11/h4-6,11H,7H2,1-3H3. The number of likely N-dealkylation sites (N-methyl/N-ethyl adjacent to an activating group) is 1. The number of thioether (sulfide) groups is 1. The van der Waals surface area contributed by atoms with Gasteiger partial charge in [-0.25, -0.2) is 4.79 Å². The number of benzene rings is 1. The fraction of sp³-hybridized carbons (Fsp3) is 0.462. The molecule has 5 heteroatoms. The van der Waals surface area contributed by atoms with E-state index in [0.717, 1.165) is 4.47 Å². The average Bonchev–Trinajstić information content (AvgIpc) is 2.50. The Labute approximate surface area is 120 Å². The second-order valence-corrected chi connectivity index (χ2v) is 7.27. The Hall–Kier alpha value is -0.680. The molecule has 2 aliphatic rings. The van der Waals surface area contributed by atoms with E-state index in [1.54, 1.807) is 11.8 Å². The molecule has 1 aromatic carbocycles. The molecule has 2 aliphatic heterocycles. The van der Waals surface area contributed by atoms with Crippen molar-refractivity contribution in [3.05, 3.63) is 28.2 Å². The topological polar surface area (TPSA) is 23.6 Å². The summed E-state index contributed by atoms with van der Waals surface area (Å²) in [6.45, 7) is 4.97. The first-order valence-electron chi connectivity index (χ1n) is 5.91. The van der Waals surface area contributed by atoms with Crippen molar-refractivity contribution in [3.63, 3.8) is 0 Å². The summed E-state index contributed by atoms with van der Waals surface area (Å²) >= 11 is 5.39. The van der Waals surface area contributed by atoms with Gasteiger partial charge in [-0.1, -0.05) is 23.9 Å². The van der Waals surface area contributed by atoms with Crippen LogP contribution in [-0.2, 0) is 6.54 Å². The van der Waals surface area contributed by atoms with E-state index in [1.165, 1.54) is 10.5 Å². The Morgan fingerprint density at radius 3 is 2.89 bits per heavy atom. The summed E-state index contributed by atoms with van der Waals surface area (Å²) in [4.78, 5) is 17.4. The summed E-state index contributed by atoms with van der Waals surface area (Å²) in [7, 11) is 1.89. The molecule has 0 N–H and O–H groups in total. The lowest BCUT2D eigenvalue weighted by Gasteiger charge is -2.36. The van der Waals surface area contributed by atoms with Crippen LogP contribution < -0.4 is 0 Å². The molecule has 1 atom stereocenters. The summed E-state index contributed by atoms with van der Waals surface area (Å²) in [6.07, 6.45) is 0. The first kappa shape index (κ1) is 12.4. The number of nitrogens with zero attached hydrogens (tertiary/aromatic N) is 2. The molecule has 0 saturated carbocycles. The highest BCUT2D eigenvalue weighted by atomic mass is 79.9. The summed E-state index contributed by atoms with van der Waals surface area (Å²) in [5, 5.41) is 0.182. The van der Waals surface area contributed by atoms with Crippen LogP contribution in [0.5, 0.6) is 0 Å². The summed E-state index contributed by atoms with van der Waals surface area (Å²) in [5.41, 5.74) is 1.08. The number of carbonyl (C=O) groups is 1. The molecule has 3 nitrogen and oxygen atoms in total. The number of amides is 2. The van der Waals surface area contributed by atoms with Crippen molar-refractivity contribution in [2.75, 3.05) is 7.05 Å². The van der Waals surface area contributed by atoms with Gasteiger partial charge in [0, 0.05) is 23.0 Å². The van der Waals surface area contributed by atoms with Gasteiger partial charge in [0.05, 0.1) is 5.54 Å². The number of rotatable bonds is 0. The Morgan fingerprint density at radius 1 is 1.44 bits per heavy atom. The highest BCUT2D eigenvalue weighted by molar-refractivity contribution is 9.10. The first-order chi connectivity index (χ1) is 8.43. The highest BCUT2D eigenvalue weighted by Gasteiger charge is 2.52. The van der Waals surface area contributed by atoms with Crippen LogP contribution in [0.15, 0.2) is 27.6 Å². The number of urea groups is 1. The lowest BCUT2D eigenvalue weighted by atomic mass is 10.1. The van der Waals surface area contributed by atoms with Gasteiger partial charge in [0.25, 0.3) is 0 Å². The second-order valence-electron chi connectivity index (χ2n) is 5.32. The third-order valence-electron chi connectivity index (χ3n) is 3.90. The maximum absolute atomic E-state index is 12.3. The molecule has 0 spiro atoms. The minimum Gasteiger partial charge on any atom is -0.320 e. The summed E-state index contributed by atoms with van der Waals surface area (Å²) in [6, 6.07) is 6.32. The van der Waals surface area contributed by atoms with Crippen LogP contribution in [-0.4, -0.2) is 33.8 Å². The molecule has 1 unspecified atom stereocenters. The molecule has 1 fully saturated rings. The van der Waals surface area contributed by atoms with Gasteiger partial charge in [0.2, 0.25) is 0 Å². The molecule has 0 aliphatic carbocycles. The summed E-state index contributed by atoms with van der Waals surface area (Å²) < 4.78 is 1.13. The van der Waals surface area contributed by atoms with Gasteiger partial charge in [-0.3, -0.25) is 0 Å². The molecule has 2 amide bonds. The molecule has 1 saturated heterocycles. The van der Waals surface area contributed by atoms with Crippen molar-refractivity contribution >= 4 is 33.7 Å². The Morgan fingerprint density at radius 2 is 2.17 bits per heavy atom. The van der Waals surface area contributed by atoms with E-state index in [4.69, 9.17) is 0 Å². The van der Waals surface area contributed by atoms with Crippen molar-refractivity contribution < 1.29 is 4.79 Å². The maximum Gasteiger partial charge on any atom is 0.321 e. The van der Waals surface area contributed by atoms with Crippen LogP contribution in [0.25, 0.3) is 0 Å². The second kappa shape index (κ2) is 3.90. The zero-order valence-corrected chi connectivity index (χ0v) is 13.0. The first-order valence-corrected chi connectivity index (χ1v) is 7.58. The van der Waals surface area contributed by atoms with E-state index in [1.807, 2.05) is 22.9 Å². The normalized spacial score (nSPS) is 25.1. The fourth-order valence-electron chi connectivity index (χ4n) is 2.55. The van der Waals surface area contributed by atoms with Crippen molar-refractivity contribution in [1.29, 1.82) is 0 Å². The number of carbonyl (C=O) groups excluding carboxylic acids is 1. The molecule has 96 valence electrons. The minimum atomic E-state index is -0.144. The van der Waals surface area contributed by atoms with E-state index < -0.39 is 0 Å². The highest BCUT2D eigenvalue weighted by Crippen LogP contribution is 2.48. The summed E-state index contributed by atoms with van der Waals surface area (Å²) in [5.74, 6) is 0. The Balaban J connectivity index is 2.07. The molecular formula is C13H15BrN2OS. The quantitative estimate of drug-likeness (QED) is 0.728.